The number of hydrogen-bond donors (Lipinski definition) is 1. The Hall–Kier alpha value is -1.42. The fraction of sp³-hybridized carbons (Fsp3) is 0.962. The molecule has 0 amide bonds. The van der Waals surface area contributed by atoms with Crippen LogP contribution in [-0.4, -0.2) is 117 Å². The molecule has 61 heavy (non-hydrogen) atoms. The molecule has 1 saturated heterocycles. The summed E-state index contributed by atoms with van der Waals surface area (Å²) in [5.41, 5.74) is 0. The Kier molecular flexibility index (Phi) is 40.2. The number of ether oxygens (including phenoxy) is 3. The van der Waals surface area contributed by atoms with Crippen molar-refractivity contribution in [2.45, 2.75) is 245 Å². The van der Waals surface area contributed by atoms with Gasteiger partial charge in [0.2, 0.25) is 0 Å². The summed E-state index contributed by atoms with van der Waals surface area (Å²) in [7, 11) is 2.17. The summed E-state index contributed by atoms with van der Waals surface area (Å²) in [6.45, 7) is 17.5. The van der Waals surface area contributed by atoms with Crippen LogP contribution in [0.1, 0.15) is 233 Å². The molecule has 3 unspecified atom stereocenters. The van der Waals surface area contributed by atoms with Gasteiger partial charge in [0.05, 0.1) is 25.2 Å². The second-order valence-corrected chi connectivity index (χ2v) is 18.9. The van der Waals surface area contributed by atoms with Crippen molar-refractivity contribution in [1.29, 1.82) is 0 Å². The van der Waals surface area contributed by atoms with Gasteiger partial charge >= 0.3 is 12.1 Å². The monoisotopic (exact) mass is 866 g/mol. The van der Waals surface area contributed by atoms with Crippen LogP contribution >= 0.6 is 0 Å². The third-order valence-corrected chi connectivity index (χ3v) is 12.9. The van der Waals surface area contributed by atoms with Crippen LogP contribution in [0.4, 0.5) is 4.79 Å². The van der Waals surface area contributed by atoms with Crippen molar-refractivity contribution in [2.24, 2.45) is 5.92 Å². The average molecular weight is 866 g/mol. The summed E-state index contributed by atoms with van der Waals surface area (Å²) >= 11 is 0. The van der Waals surface area contributed by atoms with E-state index in [1.54, 1.807) is 0 Å². The van der Waals surface area contributed by atoms with Crippen LogP contribution in [0.3, 0.4) is 0 Å². The first-order chi connectivity index (χ1) is 29.8. The van der Waals surface area contributed by atoms with Gasteiger partial charge in [-0.3, -0.25) is 9.69 Å². The number of likely N-dealkylation sites (N-methyl/N-ethyl adjacent to an activating group) is 1. The molecule has 0 saturated carbocycles. The van der Waals surface area contributed by atoms with Crippen LogP contribution < -0.4 is 0 Å². The van der Waals surface area contributed by atoms with Crippen LogP contribution in [0, 0.1) is 5.92 Å². The molecule has 1 heterocycles. The number of β-amino-alcohol motifs (C(OH)–C–C–N with tert-alkyl or cyclic N) is 1. The van der Waals surface area contributed by atoms with Crippen molar-refractivity contribution in [3.63, 3.8) is 0 Å². The molecule has 362 valence electrons. The zero-order valence-corrected chi connectivity index (χ0v) is 41.3. The molecule has 0 spiro atoms. The minimum atomic E-state index is -0.490. The second kappa shape index (κ2) is 42.5. The third kappa shape index (κ3) is 35.6. The number of esters is 1. The number of piperazine rings is 1. The molecule has 1 aliphatic heterocycles. The zero-order valence-electron chi connectivity index (χ0n) is 41.3. The first kappa shape index (κ1) is 57.6. The van der Waals surface area contributed by atoms with Gasteiger partial charge in [-0.25, -0.2) is 4.79 Å². The van der Waals surface area contributed by atoms with Crippen molar-refractivity contribution >= 4 is 12.1 Å². The molecule has 0 aliphatic carbocycles. The number of carbonyl (C=O) groups excluding carboxylic acids is 2. The first-order valence-electron chi connectivity index (χ1n) is 26.6. The Labute approximate surface area is 378 Å². The fourth-order valence-electron chi connectivity index (χ4n) is 8.76. The van der Waals surface area contributed by atoms with E-state index in [-0.39, 0.29) is 24.1 Å². The van der Waals surface area contributed by atoms with Gasteiger partial charge < -0.3 is 29.1 Å². The van der Waals surface area contributed by atoms with E-state index in [0.717, 1.165) is 149 Å². The quantitative estimate of drug-likeness (QED) is 0.0475. The zero-order chi connectivity index (χ0) is 44.4. The summed E-state index contributed by atoms with van der Waals surface area (Å²) in [4.78, 5) is 32.9. The van der Waals surface area contributed by atoms with E-state index in [4.69, 9.17) is 14.2 Å². The molecule has 9 nitrogen and oxygen atoms in total. The highest BCUT2D eigenvalue weighted by Gasteiger charge is 2.21. The van der Waals surface area contributed by atoms with Crippen LogP contribution in [0.25, 0.3) is 0 Å². The Morgan fingerprint density at radius 3 is 1.44 bits per heavy atom. The molecule has 3 atom stereocenters. The standard InChI is InChI=1S/C52H103N3O6/c1-6-10-14-18-20-27-35-48(34-26-16-12-8-3)51(57)59-44-32-24-22-30-38-54(46-49(56)47-55-42-40-53(5)41-43-55)39-31-23-25-33-45-60-52(58)61-50(36-28-17-13-9-4)37-29-21-19-15-11-7-2/h48-50,56H,6-47H2,1-5H3. The minimum Gasteiger partial charge on any atom is -0.465 e. The summed E-state index contributed by atoms with van der Waals surface area (Å²) in [5, 5.41) is 11.1. The Balaban J connectivity index is 2.46. The van der Waals surface area contributed by atoms with E-state index >= 15 is 0 Å². The number of hydrogen-bond acceptors (Lipinski definition) is 9. The fourth-order valence-corrected chi connectivity index (χ4v) is 8.76. The summed E-state index contributed by atoms with van der Waals surface area (Å²) in [5.74, 6) is 0.109. The maximum Gasteiger partial charge on any atom is 0.508 e. The number of rotatable bonds is 44. The minimum absolute atomic E-state index is 0.0205. The maximum atomic E-state index is 13.1. The molecule has 1 aliphatic rings. The smallest absolute Gasteiger partial charge is 0.465 e. The predicted molar refractivity (Wildman–Crippen MR) is 257 cm³/mol. The Bertz CT molecular complexity index is 963. The second-order valence-electron chi connectivity index (χ2n) is 18.9. The molecule has 0 aromatic rings. The summed E-state index contributed by atoms with van der Waals surface area (Å²) in [6.07, 6.45) is 35.8. The SMILES string of the molecule is CCCCCCCCC(CCCCCC)OC(=O)OCCCCCCN(CCCCCCOC(=O)C(CCCCCC)CCCCCCCC)CC(O)CN1CCN(C)CC1. The van der Waals surface area contributed by atoms with Gasteiger partial charge in [-0.2, -0.15) is 0 Å². The number of carbonyl (C=O) groups is 2. The van der Waals surface area contributed by atoms with E-state index in [1.807, 2.05) is 0 Å². The lowest BCUT2D eigenvalue weighted by Crippen LogP contribution is -2.49. The Morgan fingerprint density at radius 1 is 0.525 bits per heavy atom. The highest BCUT2D eigenvalue weighted by molar-refractivity contribution is 5.72. The molecular formula is C52H103N3O6. The summed E-state index contributed by atoms with van der Waals surface area (Å²) < 4.78 is 17.2. The van der Waals surface area contributed by atoms with Crippen molar-refractivity contribution in [2.75, 3.05) is 72.6 Å². The predicted octanol–water partition coefficient (Wildman–Crippen LogP) is 13.1. The molecule has 1 N–H and O–H groups in total. The lowest BCUT2D eigenvalue weighted by atomic mass is 9.94. The number of nitrogens with zero attached hydrogens (tertiary/aromatic N) is 3. The van der Waals surface area contributed by atoms with Crippen LogP contribution in [0.5, 0.6) is 0 Å². The highest BCUT2D eigenvalue weighted by atomic mass is 16.7. The Morgan fingerprint density at radius 2 is 0.934 bits per heavy atom. The van der Waals surface area contributed by atoms with Gasteiger partial charge in [-0.1, -0.05) is 169 Å². The van der Waals surface area contributed by atoms with Crippen LogP contribution in [0.15, 0.2) is 0 Å². The topological polar surface area (TPSA) is 91.8 Å². The van der Waals surface area contributed by atoms with Gasteiger partial charge in [0, 0.05) is 39.3 Å². The molecule has 1 rings (SSSR count). The van der Waals surface area contributed by atoms with Crippen LogP contribution in [0.2, 0.25) is 0 Å². The highest BCUT2D eigenvalue weighted by Crippen LogP contribution is 2.21. The van der Waals surface area contributed by atoms with E-state index in [9.17, 15) is 14.7 Å². The van der Waals surface area contributed by atoms with Gasteiger partial charge in [-0.05, 0) is 84.3 Å². The molecule has 9 heteroatoms. The molecule has 0 aromatic heterocycles. The number of aliphatic hydroxyl groups is 1. The average Bonchev–Trinajstić information content (AvgIpc) is 3.25. The van der Waals surface area contributed by atoms with Gasteiger partial charge in [0.25, 0.3) is 0 Å². The molecule has 0 bridgehead atoms. The number of unbranched alkanes of at least 4 members (excludes halogenated alkanes) is 22. The maximum absolute atomic E-state index is 13.1. The van der Waals surface area contributed by atoms with Crippen LogP contribution in [-0.2, 0) is 19.0 Å². The van der Waals surface area contributed by atoms with Crippen molar-refractivity contribution in [3.05, 3.63) is 0 Å². The largest absolute Gasteiger partial charge is 0.508 e. The van der Waals surface area contributed by atoms with Crippen molar-refractivity contribution in [1.82, 2.24) is 14.7 Å². The summed E-state index contributed by atoms with van der Waals surface area (Å²) in [6, 6.07) is 0. The lowest BCUT2D eigenvalue weighted by Gasteiger charge is -2.34. The van der Waals surface area contributed by atoms with Crippen molar-refractivity contribution in [3.8, 4) is 0 Å². The third-order valence-electron chi connectivity index (χ3n) is 12.9. The van der Waals surface area contributed by atoms with E-state index < -0.39 is 6.16 Å². The van der Waals surface area contributed by atoms with E-state index in [2.05, 4.69) is 49.4 Å². The van der Waals surface area contributed by atoms with E-state index in [0.29, 0.717) is 19.8 Å². The number of aliphatic hydroxyl groups excluding tert-OH is 1. The first-order valence-corrected chi connectivity index (χ1v) is 26.6. The van der Waals surface area contributed by atoms with E-state index in [1.165, 1.54) is 103 Å². The lowest BCUT2D eigenvalue weighted by molar-refractivity contribution is -0.149. The van der Waals surface area contributed by atoms with Crippen molar-refractivity contribution < 1.29 is 28.9 Å². The molecule has 0 radical (unpaired) electrons. The van der Waals surface area contributed by atoms with Gasteiger partial charge in [0.15, 0.2) is 0 Å². The molecule has 1 fully saturated rings. The van der Waals surface area contributed by atoms with Gasteiger partial charge in [-0.15, -0.1) is 0 Å². The normalized spacial score (nSPS) is 15.3. The molecule has 0 aromatic carbocycles. The van der Waals surface area contributed by atoms with Gasteiger partial charge in [0.1, 0.15) is 6.10 Å². The molecular weight excluding hydrogens is 763 g/mol.